The quantitative estimate of drug-likeness (QED) is 0.845. The van der Waals surface area contributed by atoms with Crippen LogP contribution in [0.5, 0.6) is 0 Å². The number of carbonyl (C=O) groups is 1. The van der Waals surface area contributed by atoms with Gasteiger partial charge in [0, 0.05) is 49.4 Å². The highest BCUT2D eigenvalue weighted by molar-refractivity contribution is 5.95. The second-order valence-corrected chi connectivity index (χ2v) is 7.15. The Labute approximate surface area is 145 Å². The minimum absolute atomic E-state index is 0.0493. The van der Waals surface area contributed by atoms with Crippen LogP contribution in [-0.4, -0.2) is 42.8 Å². The van der Waals surface area contributed by atoms with Crippen molar-refractivity contribution in [3.63, 3.8) is 0 Å². The Morgan fingerprint density at radius 3 is 2.60 bits per heavy atom. The van der Waals surface area contributed by atoms with Gasteiger partial charge in [-0.15, -0.1) is 0 Å². The second-order valence-electron chi connectivity index (χ2n) is 7.15. The fourth-order valence-electron chi connectivity index (χ4n) is 4.36. The van der Waals surface area contributed by atoms with Gasteiger partial charge >= 0.3 is 0 Å². The van der Waals surface area contributed by atoms with Gasteiger partial charge in [-0.05, 0) is 25.8 Å². The monoisotopic (exact) mass is 344 g/mol. The molecule has 2 fully saturated rings. The molecule has 4 heterocycles. The van der Waals surface area contributed by atoms with Crippen molar-refractivity contribution in [1.82, 2.24) is 19.7 Å². The molecule has 0 spiro atoms. The molecule has 4 rings (SSSR count). The number of aromatic nitrogens is 3. The van der Waals surface area contributed by atoms with Crippen LogP contribution in [0.2, 0.25) is 0 Å². The summed E-state index contributed by atoms with van der Waals surface area (Å²) >= 11 is 0. The first-order valence-corrected chi connectivity index (χ1v) is 8.55. The van der Waals surface area contributed by atoms with Crippen LogP contribution in [0.15, 0.2) is 24.5 Å². The third kappa shape index (κ3) is 2.45. The highest BCUT2D eigenvalue weighted by Gasteiger charge is 2.51. The van der Waals surface area contributed by atoms with Crippen LogP contribution in [0.1, 0.15) is 47.3 Å². The average Bonchev–Trinajstić information content (AvgIpc) is 3.05. The maximum atomic E-state index is 14.1. The molecule has 7 heteroatoms. The molecule has 2 bridgehead atoms. The van der Waals surface area contributed by atoms with Gasteiger partial charge in [0.1, 0.15) is 0 Å². The lowest BCUT2D eigenvalue weighted by Gasteiger charge is -2.44. The van der Waals surface area contributed by atoms with Crippen molar-refractivity contribution in [3.8, 4) is 0 Å². The number of aryl methyl sites for hydroxylation is 1. The van der Waals surface area contributed by atoms with Crippen molar-refractivity contribution in [2.24, 2.45) is 7.05 Å². The highest BCUT2D eigenvalue weighted by atomic mass is 19.1. The summed E-state index contributed by atoms with van der Waals surface area (Å²) in [5.74, 6) is -0.681. The molecule has 25 heavy (non-hydrogen) atoms. The zero-order chi connectivity index (χ0) is 17.8. The predicted molar refractivity (Wildman–Crippen MR) is 88.3 cm³/mol. The molecule has 0 saturated carbocycles. The van der Waals surface area contributed by atoms with Gasteiger partial charge in [-0.2, -0.15) is 9.49 Å². The summed E-state index contributed by atoms with van der Waals surface area (Å²) in [7, 11) is 1.81. The van der Waals surface area contributed by atoms with E-state index in [1.165, 1.54) is 6.20 Å². The number of pyridine rings is 1. The molecule has 132 valence electrons. The lowest BCUT2D eigenvalue weighted by molar-refractivity contribution is -0.0504. The van der Waals surface area contributed by atoms with E-state index < -0.39 is 11.5 Å². The number of amides is 1. The number of fused-ring (bicyclic) bond motifs is 2. The van der Waals surface area contributed by atoms with E-state index in [0.717, 1.165) is 18.5 Å². The number of aliphatic hydroxyl groups is 1. The van der Waals surface area contributed by atoms with Crippen LogP contribution in [0.3, 0.4) is 0 Å². The number of carbonyl (C=O) groups excluding carboxylic acids is 1. The van der Waals surface area contributed by atoms with Crippen LogP contribution < -0.4 is 0 Å². The lowest BCUT2D eigenvalue weighted by atomic mass is 9.80. The van der Waals surface area contributed by atoms with E-state index in [-0.39, 0.29) is 23.6 Å². The molecule has 6 nitrogen and oxygen atoms in total. The zero-order valence-electron chi connectivity index (χ0n) is 14.3. The average molecular weight is 344 g/mol. The standard InChI is InChI=1S/C18H21FN4O2/c1-11-14(10-21-22(11)2)17(24)23-12-5-6-13(23)9-18(25,8-12)15-4-3-7-20-16(15)19/h3-4,7,10,12-13,25H,5-6,8-9H2,1-2H3/t12-,13-/m0/s1. The summed E-state index contributed by atoms with van der Waals surface area (Å²) in [5, 5.41) is 15.3. The summed E-state index contributed by atoms with van der Waals surface area (Å²) in [4.78, 5) is 18.5. The molecule has 2 aliphatic rings. The van der Waals surface area contributed by atoms with E-state index in [2.05, 4.69) is 10.1 Å². The number of piperidine rings is 1. The van der Waals surface area contributed by atoms with Gasteiger partial charge in [0.05, 0.1) is 17.4 Å². The van der Waals surface area contributed by atoms with Gasteiger partial charge in [-0.1, -0.05) is 6.07 Å². The van der Waals surface area contributed by atoms with Crippen molar-refractivity contribution in [1.29, 1.82) is 0 Å². The molecular formula is C18H21FN4O2. The molecule has 2 aromatic heterocycles. The molecule has 0 aliphatic carbocycles. The van der Waals surface area contributed by atoms with E-state index in [1.807, 2.05) is 11.8 Å². The van der Waals surface area contributed by atoms with Crippen LogP contribution in [0.25, 0.3) is 0 Å². The molecule has 2 aromatic rings. The van der Waals surface area contributed by atoms with Gasteiger partial charge in [0.2, 0.25) is 5.95 Å². The van der Waals surface area contributed by atoms with Crippen molar-refractivity contribution in [2.45, 2.75) is 50.3 Å². The summed E-state index contributed by atoms with van der Waals surface area (Å²) in [6.45, 7) is 1.87. The predicted octanol–water partition coefficient (Wildman–Crippen LogP) is 1.92. The molecule has 1 N–H and O–H groups in total. The van der Waals surface area contributed by atoms with E-state index in [9.17, 15) is 14.3 Å². The minimum Gasteiger partial charge on any atom is -0.385 e. The Hall–Kier alpha value is -2.28. The topological polar surface area (TPSA) is 71.2 Å². The Morgan fingerprint density at radius 2 is 2.04 bits per heavy atom. The minimum atomic E-state index is -1.27. The molecule has 0 aromatic carbocycles. The Kier molecular flexibility index (Phi) is 3.64. The van der Waals surface area contributed by atoms with Crippen molar-refractivity contribution >= 4 is 5.91 Å². The summed E-state index contributed by atoms with van der Waals surface area (Å²) in [6.07, 6.45) is 5.27. The third-order valence-corrected chi connectivity index (χ3v) is 5.73. The van der Waals surface area contributed by atoms with Crippen LogP contribution >= 0.6 is 0 Å². The van der Waals surface area contributed by atoms with Gasteiger partial charge in [0.15, 0.2) is 0 Å². The molecule has 0 unspecified atom stereocenters. The van der Waals surface area contributed by atoms with Gasteiger partial charge in [-0.25, -0.2) is 4.98 Å². The van der Waals surface area contributed by atoms with Crippen molar-refractivity contribution in [3.05, 3.63) is 47.3 Å². The Balaban J connectivity index is 1.63. The fraction of sp³-hybridized carbons (Fsp3) is 0.500. The molecule has 2 atom stereocenters. The maximum Gasteiger partial charge on any atom is 0.257 e. The first-order chi connectivity index (χ1) is 11.9. The molecule has 1 amide bonds. The summed E-state index contributed by atoms with van der Waals surface area (Å²) in [5.41, 5.74) is 0.378. The zero-order valence-corrected chi connectivity index (χ0v) is 14.3. The van der Waals surface area contributed by atoms with Crippen LogP contribution in [-0.2, 0) is 12.6 Å². The van der Waals surface area contributed by atoms with Crippen molar-refractivity contribution in [2.75, 3.05) is 0 Å². The first-order valence-electron chi connectivity index (χ1n) is 8.55. The number of halogens is 1. The highest BCUT2D eigenvalue weighted by Crippen LogP contribution is 2.46. The summed E-state index contributed by atoms with van der Waals surface area (Å²) < 4.78 is 15.8. The van der Waals surface area contributed by atoms with Crippen molar-refractivity contribution < 1.29 is 14.3 Å². The Bertz CT molecular complexity index is 820. The summed E-state index contributed by atoms with van der Waals surface area (Å²) in [6, 6.07) is 3.02. The van der Waals surface area contributed by atoms with Crippen LogP contribution in [0.4, 0.5) is 4.39 Å². The van der Waals surface area contributed by atoms with Crippen LogP contribution in [0, 0.1) is 12.9 Å². The fourth-order valence-corrected chi connectivity index (χ4v) is 4.36. The largest absolute Gasteiger partial charge is 0.385 e. The molecule has 2 aliphatic heterocycles. The van der Waals surface area contributed by atoms with E-state index >= 15 is 0 Å². The van der Waals surface area contributed by atoms with E-state index in [4.69, 9.17) is 0 Å². The molecule has 0 radical (unpaired) electrons. The number of nitrogens with zero attached hydrogens (tertiary/aromatic N) is 4. The SMILES string of the molecule is Cc1c(C(=O)N2[C@H]3CC[C@H]2CC(O)(c2cccnc2F)C3)cnn1C. The van der Waals surface area contributed by atoms with Gasteiger partial charge in [-0.3, -0.25) is 9.48 Å². The van der Waals surface area contributed by atoms with E-state index in [1.54, 1.807) is 30.1 Å². The molecular weight excluding hydrogens is 323 g/mol. The number of rotatable bonds is 2. The normalized spacial score (nSPS) is 28.4. The number of hydrogen-bond acceptors (Lipinski definition) is 4. The number of hydrogen-bond donors (Lipinski definition) is 1. The Morgan fingerprint density at radius 1 is 1.36 bits per heavy atom. The van der Waals surface area contributed by atoms with Gasteiger partial charge < -0.3 is 10.0 Å². The molecule has 2 saturated heterocycles. The van der Waals surface area contributed by atoms with E-state index in [0.29, 0.717) is 18.4 Å². The maximum absolute atomic E-state index is 14.1. The smallest absolute Gasteiger partial charge is 0.257 e. The lowest BCUT2D eigenvalue weighted by Crippen LogP contribution is -2.52. The third-order valence-electron chi connectivity index (χ3n) is 5.73. The second kappa shape index (κ2) is 5.62. The first kappa shape index (κ1) is 16.2. The van der Waals surface area contributed by atoms with Gasteiger partial charge in [0.25, 0.3) is 5.91 Å².